The van der Waals surface area contributed by atoms with Crippen molar-refractivity contribution in [3.05, 3.63) is 39.7 Å². The van der Waals surface area contributed by atoms with Crippen LogP contribution in [0.5, 0.6) is 0 Å². The van der Waals surface area contributed by atoms with Crippen molar-refractivity contribution in [2.75, 3.05) is 13.2 Å². The van der Waals surface area contributed by atoms with Gasteiger partial charge in [-0.1, -0.05) is 11.2 Å². The van der Waals surface area contributed by atoms with Gasteiger partial charge >= 0.3 is 0 Å². The molecule has 2 aromatic rings. The molecular formula is C13H16N4O4. The van der Waals surface area contributed by atoms with Crippen LogP contribution in [0.1, 0.15) is 24.4 Å². The largest absolute Gasteiger partial charge is 0.380 e. The summed E-state index contributed by atoms with van der Waals surface area (Å²) in [6.07, 6.45) is 0. The van der Waals surface area contributed by atoms with Crippen molar-refractivity contribution in [2.24, 2.45) is 5.73 Å². The van der Waals surface area contributed by atoms with Crippen molar-refractivity contribution in [3.8, 4) is 11.5 Å². The summed E-state index contributed by atoms with van der Waals surface area (Å²) < 4.78 is 10.3. The van der Waals surface area contributed by atoms with E-state index < -0.39 is 11.0 Å². The summed E-state index contributed by atoms with van der Waals surface area (Å²) in [6, 6.07) is 4.23. The van der Waals surface area contributed by atoms with Crippen molar-refractivity contribution < 1.29 is 14.2 Å². The van der Waals surface area contributed by atoms with E-state index in [1.54, 1.807) is 19.1 Å². The molecule has 21 heavy (non-hydrogen) atoms. The molecule has 0 aliphatic rings. The fourth-order valence-corrected chi connectivity index (χ4v) is 1.76. The predicted molar refractivity (Wildman–Crippen MR) is 74.5 cm³/mol. The highest BCUT2D eigenvalue weighted by atomic mass is 16.6. The molecule has 1 aromatic heterocycles. The number of ether oxygens (including phenoxy) is 1. The molecule has 2 N–H and O–H groups in total. The van der Waals surface area contributed by atoms with Gasteiger partial charge in [-0.2, -0.15) is 4.98 Å². The lowest BCUT2D eigenvalue weighted by Gasteiger charge is -2.05. The lowest BCUT2D eigenvalue weighted by atomic mass is 10.1. The van der Waals surface area contributed by atoms with Crippen LogP contribution in [0.2, 0.25) is 0 Å². The summed E-state index contributed by atoms with van der Waals surface area (Å²) in [5.41, 5.74) is 6.91. The van der Waals surface area contributed by atoms with Crippen molar-refractivity contribution >= 4 is 5.69 Å². The summed E-state index contributed by atoms with van der Waals surface area (Å²) >= 11 is 0. The Labute approximate surface area is 121 Å². The van der Waals surface area contributed by atoms with Gasteiger partial charge in [-0.05, 0) is 19.9 Å². The number of rotatable bonds is 6. The van der Waals surface area contributed by atoms with Gasteiger partial charge in [-0.25, -0.2) is 0 Å². The Balaban J connectivity index is 2.25. The maximum Gasteiger partial charge on any atom is 0.273 e. The highest BCUT2D eigenvalue weighted by Crippen LogP contribution is 2.26. The first-order chi connectivity index (χ1) is 10.0. The molecule has 0 spiro atoms. The number of hydrogen-bond acceptors (Lipinski definition) is 7. The number of nitro benzene ring substituents is 1. The van der Waals surface area contributed by atoms with Crippen LogP contribution in [0.4, 0.5) is 5.69 Å². The van der Waals surface area contributed by atoms with Gasteiger partial charge < -0.3 is 15.0 Å². The van der Waals surface area contributed by atoms with Gasteiger partial charge in [-0.3, -0.25) is 10.1 Å². The standard InChI is InChI=1S/C13H16N4O4/c1-3-20-7-10(14)12-15-13(21-16-12)9-5-4-8(2)11(6-9)17(18)19/h4-6,10H,3,7,14H2,1-2H3. The maximum absolute atomic E-state index is 10.9. The van der Waals surface area contributed by atoms with E-state index in [1.165, 1.54) is 6.07 Å². The lowest BCUT2D eigenvalue weighted by molar-refractivity contribution is -0.385. The van der Waals surface area contributed by atoms with E-state index in [4.69, 9.17) is 15.0 Å². The van der Waals surface area contributed by atoms with E-state index in [2.05, 4.69) is 10.1 Å². The molecule has 1 unspecified atom stereocenters. The van der Waals surface area contributed by atoms with Gasteiger partial charge in [0.1, 0.15) is 0 Å². The third kappa shape index (κ3) is 3.41. The second kappa shape index (κ2) is 6.42. The first-order valence-corrected chi connectivity index (χ1v) is 6.45. The second-order valence-electron chi connectivity index (χ2n) is 4.48. The van der Waals surface area contributed by atoms with E-state index in [9.17, 15) is 10.1 Å². The molecule has 1 heterocycles. The molecule has 0 aliphatic heterocycles. The fourth-order valence-electron chi connectivity index (χ4n) is 1.76. The van der Waals surface area contributed by atoms with E-state index in [0.717, 1.165) is 0 Å². The molecule has 0 radical (unpaired) electrons. The average molecular weight is 292 g/mol. The van der Waals surface area contributed by atoms with Gasteiger partial charge in [-0.15, -0.1) is 0 Å². The van der Waals surface area contributed by atoms with Crippen LogP contribution in [0.25, 0.3) is 11.5 Å². The zero-order valence-electron chi connectivity index (χ0n) is 11.8. The third-order valence-corrected chi connectivity index (χ3v) is 2.93. The first-order valence-electron chi connectivity index (χ1n) is 6.45. The lowest BCUT2D eigenvalue weighted by Crippen LogP contribution is -2.18. The number of nitrogens with two attached hydrogens (primary N) is 1. The fraction of sp³-hybridized carbons (Fsp3) is 0.385. The van der Waals surface area contributed by atoms with Crippen molar-refractivity contribution in [2.45, 2.75) is 19.9 Å². The summed E-state index contributed by atoms with van der Waals surface area (Å²) in [6.45, 7) is 4.35. The van der Waals surface area contributed by atoms with Gasteiger partial charge in [0.15, 0.2) is 5.82 Å². The monoisotopic (exact) mass is 292 g/mol. The van der Waals surface area contributed by atoms with Crippen LogP contribution in [0.3, 0.4) is 0 Å². The van der Waals surface area contributed by atoms with Gasteiger partial charge in [0, 0.05) is 23.8 Å². The smallest absolute Gasteiger partial charge is 0.273 e. The summed E-state index contributed by atoms with van der Waals surface area (Å²) in [5, 5.41) is 14.7. The molecule has 1 aromatic carbocycles. The maximum atomic E-state index is 10.9. The zero-order valence-corrected chi connectivity index (χ0v) is 11.8. The number of benzene rings is 1. The van der Waals surface area contributed by atoms with E-state index in [-0.39, 0.29) is 18.2 Å². The minimum absolute atomic E-state index is 0.00543. The highest BCUT2D eigenvalue weighted by Gasteiger charge is 2.18. The number of nitro groups is 1. The molecule has 0 aliphatic carbocycles. The molecule has 8 nitrogen and oxygen atoms in total. The molecule has 1 atom stereocenters. The SMILES string of the molecule is CCOCC(N)c1noc(-c2ccc(C)c([N+](=O)[O-])c2)n1. The quantitative estimate of drug-likeness (QED) is 0.638. The third-order valence-electron chi connectivity index (χ3n) is 2.93. The molecule has 0 amide bonds. The van der Waals surface area contributed by atoms with Crippen molar-refractivity contribution in [1.82, 2.24) is 10.1 Å². The molecule has 0 saturated carbocycles. The van der Waals surface area contributed by atoms with E-state index >= 15 is 0 Å². The Hall–Kier alpha value is -2.32. The zero-order chi connectivity index (χ0) is 15.4. The van der Waals surface area contributed by atoms with Gasteiger partial charge in [0.25, 0.3) is 11.6 Å². The first kappa shape index (κ1) is 15.1. The molecular weight excluding hydrogens is 276 g/mol. The van der Waals surface area contributed by atoms with Gasteiger partial charge in [0.2, 0.25) is 0 Å². The highest BCUT2D eigenvalue weighted by molar-refractivity contribution is 5.59. The van der Waals surface area contributed by atoms with Crippen molar-refractivity contribution in [3.63, 3.8) is 0 Å². The summed E-state index contributed by atoms with van der Waals surface area (Å²) in [7, 11) is 0. The molecule has 0 bridgehead atoms. The molecule has 2 rings (SSSR count). The molecule has 0 saturated heterocycles. The van der Waals surface area contributed by atoms with Crippen LogP contribution >= 0.6 is 0 Å². The molecule has 112 valence electrons. The van der Waals surface area contributed by atoms with E-state index in [0.29, 0.717) is 23.6 Å². The Morgan fingerprint density at radius 2 is 2.29 bits per heavy atom. The Morgan fingerprint density at radius 3 is 2.95 bits per heavy atom. The van der Waals surface area contributed by atoms with Crippen LogP contribution in [0, 0.1) is 17.0 Å². The van der Waals surface area contributed by atoms with Crippen LogP contribution in [-0.2, 0) is 4.74 Å². The normalized spacial score (nSPS) is 12.3. The van der Waals surface area contributed by atoms with Crippen molar-refractivity contribution in [1.29, 1.82) is 0 Å². The number of hydrogen-bond donors (Lipinski definition) is 1. The van der Waals surface area contributed by atoms with Gasteiger partial charge in [0.05, 0.1) is 17.6 Å². The summed E-state index contributed by atoms with van der Waals surface area (Å²) in [4.78, 5) is 14.6. The van der Waals surface area contributed by atoms with Crippen LogP contribution in [0.15, 0.2) is 22.7 Å². The topological polar surface area (TPSA) is 117 Å². The number of nitrogens with zero attached hydrogens (tertiary/aromatic N) is 3. The second-order valence-corrected chi connectivity index (χ2v) is 4.48. The summed E-state index contributed by atoms with van der Waals surface area (Å²) in [5.74, 6) is 0.502. The Morgan fingerprint density at radius 1 is 1.52 bits per heavy atom. The Kier molecular flexibility index (Phi) is 4.61. The van der Waals surface area contributed by atoms with E-state index in [1.807, 2.05) is 6.92 Å². The van der Waals surface area contributed by atoms with Crippen LogP contribution in [-0.4, -0.2) is 28.3 Å². The molecule has 0 fully saturated rings. The minimum Gasteiger partial charge on any atom is -0.380 e. The average Bonchev–Trinajstić information content (AvgIpc) is 2.94. The minimum atomic E-state index is -0.497. The number of aromatic nitrogens is 2. The Bertz CT molecular complexity index is 641. The predicted octanol–water partition coefficient (Wildman–Crippen LogP) is 1.99. The van der Waals surface area contributed by atoms with Crippen LogP contribution < -0.4 is 5.73 Å². The number of aryl methyl sites for hydroxylation is 1. The molecule has 8 heteroatoms.